The molecular formula is C15H22N6O. The second-order valence-corrected chi connectivity index (χ2v) is 6.01. The molecule has 0 saturated heterocycles. The third-order valence-corrected chi connectivity index (χ3v) is 4.41. The molecule has 0 radical (unpaired) electrons. The molecule has 3 N–H and O–H groups in total. The zero-order chi connectivity index (χ0) is 15.4. The number of aromatic amines is 1. The molecule has 2 heterocycles. The number of nitrogens with one attached hydrogen (secondary N) is 1. The normalized spacial score (nSPS) is 16.0. The van der Waals surface area contributed by atoms with E-state index < -0.39 is 0 Å². The molecule has 2 aromatic rings. The first-order valence-electron chi connectivity index (χ1n) is 7.91. The molecule has 0 aliphatic heterocycles. The summed E-state index contributed by atoms with van der Waals surface area (Å²) in [6.45, 7) is 0.953. The predicted octanol–water partition coefficient (Wildman–Crippen LogP) is 1.61. The van der Waals surface area contributed by atoms with Gasteiger partial charge < -0.3 is 10.6 Å². The van der Waals surface area contributed by atoms with Crippen molar-refractivity contribution in [3.05, 3.63) is 12.5 Å². The summed E-state index contributed by atoms with van der Waals surface area (Å²) in [6.07, 6.45) is 10.8. The third-order valence-electron chi connectivity index (χ3n) is 4.41. The Morgan fingerprint density at radius 2 is 2.14 bits per heavy atom. The maximum atomic E-state index is 11.4. The first kappa shape index (κ1) is 14.7. The number of rotatable bonds is 6. The fraction of sp³-hybridized carbons (Fsp3) is 0.600. The first-order valence-corrected chi connectivity index (χ1v) is 7.91. The maximum Gasteiger partial charge on any atom is 0.236 e. The molecule has 0 bridgehead atoms. The van der Waals surface area contributed by atoms with Crippen LogP contribution in [0.1, 0.15) is 38.5 Å². The Morgan fingerprint density at radius 3 is 2.91 bits per heavy atom. The predicted molar refractivity (Wildman–Crippen MR) is 84.3 cm³/mol. The smallest absolute Gasteiger partial charge is 0.236 e. The molecule has 3 rings (SSSR count). The molecule has 1 fully saturated rings. The van der Waals surface area contributed by atoms with Crippen molar-refractivity contribution in [2.75, 3.05) is 18.0 Å². The van der Waals surface area contributed by atoms with Crippen molar-refractivity contribution >= 4 is 22.8 Å². The Kier molecular flexibility index (Phi) is 4.50. The molecule has 1 amide bonds. The lowest BCUT2D eigenvalue weighted by Crippen LogP contribution is -2.36. The molecule has 22 heavy (non-hydrogen) atoms. The molecule has 0 spiro atoms. The van der Waals surface area contributed by atoms with E-state index in [1.54, 1.807) is 6.20 Å². The fourth-order valence-corrected chi connectivity index (χ4v) is 3.27. The van der Waals surface area contributed by atoms with Crippen molar-refractivity contribution in [3.8, 4) is 0 Å². The summed E-state index contributed by atoms with van der Waals surface area (Å²) in [7, 11) is 0. The summed E-state index contributed by atoms with van der Waals surface area (Å²) < 4.78 is 0. The van der Waals surface area contributed by atoms with Crippen LogP contribution in [0.25, 0.3) is 11.0 Å². The second kappa shape index (κ2) is 6.72. The van der Waals surface area contributed by atoms with Crippen LogP contribution in [-0.4, -0.2) is 39.2 Å². The van der Waals surface area contributed by atoms with Gasteiger partial charge in [0, 0.05) is 6.54 Å². The van der Waals surface area contributed by atoms with Gasteiger partial charge in [-0.15, -0.1) is 0 Å². The van der Waals surface area contributed by atoms with E-state index >= 15 is 0 Å². The van der Waals surface area contributed by atoms with Gasteiger partial charge in [0.2, 0.25) is 5.91 Å². The molecule has 0 aromatic carbocycles. The van der Waals surface area contributed by atoms with Gasteiger partial charge in [0.25, 0.3) is 0 Å². The SMILES string of the molecule is NC(=O)CN(CCC1CCCCC1)c1ncnc2[nH]ncc12. The Balaban J connectivity index is 1.76. The standard InChI is InChI=1S/C15H22N6O/c16-13(22)9-21(7-6-11-4-2-1-3-5-11)15-12-8-19-20-14(12)17-10-18-15/h8,10-11H,1-7,9H2,(H2,16,22)(H,17,18,19,20). The van der Waals surface area contributed by atoms with E-state index in [2.05, 4.69) is 20.2 Å². The molecule has 1 saturated carbocycles. The Bertz CT molecular complexity index is 634. The lowest BCUT2D eigenvalue weighted by atomic mass is 9.87. The molecule has 7 nitrogen and oxygen atoms in total. The Hall–Kier alpha value is -2.18. The lowest BCUT2D eigenvalue weighted by Gasteiger charge is -2.27. The summed E-state index contributed by atoms with van der Waals surface area (Å²) in [4.78, 5) is 21.9. The van der Waals surface area contributed by atoms with Crippen molar-refractivity contribution in [2.45, 2.75) is 38.5 Å². The summed E-state index contributed by atoms with van der Waals surface area (Å²) >= 11 is 0. The highest BCUT2D eigenvalue weighted by molar-refractivity contribution is 5.88. The largest absolute Gasteiger partial charge is 0.368 e. The molecule has 0 unspecified atom stereocenters. The van der Waals surface area contributed by atoms with Crippen LogP contribution >= 0.6 is 0 Å². The van der Waals surface area contributed by atoms with Crippen LogP contribution < -0.4 is 10.6 Å². The van der Waals surface area contributed by atoms with Gasteiger partial charge in [-0.05, 0) is 12.3 Å². The van der Waals surface area contributed by atoms with E-state index in [0.29, 0.717) is 5.65 Å². The van der Waals surface area contributed by atoms with Gasteiger partial charge in [-0.2, -0.15) is 5.10 Å². The highest BCUT2D eigenvalue weighted by Crippen LogP contribution is 2.28. The van der Waals surface area contributed by atoms with Crippen molar-refractivity contribution < 1.29 is 4.79 Å². The van der Waals surface area contributed by atoms with Gasteiger partial charge in [0.1, 0.15) is 12.1 Å². The van der Waals surface area contributed by atoms with Crippen LogP contribution in [0.3, 0.4) is 0 Å². The maximum absolute atomic E-state index is 11.4. The van der Waals surface area contributed by atoms with Crippen LogP contribution in [0.4, 0.5) is 5.82 Å². The van der Waals surface area contributed by atoms with E-state index in [1.165, 1.54) is 38.4 Å². The summed E-state index contributed by atoms with van der Waals surface area (Å²) in [5, 5.41) is 7.66. The summed E-state index contributed by atoms with van der Waals surface area (Å²) in [5.41, 5.74) is 6.09. The second-order valence-electron chi connectivity index (χ2n) is 6.01. The molecule has 7 heteroatoms. The zero-order valence-electron chi connectivity index (χ0n) is 12.7. The minimum absolute atomic E-state index is 0.171. The van der Waals surface area contributed by atoms with Gasteiger partial charge in [-0.1, -0.05) is 32.1 Å². The number of aromatic nitrogens is 4. The quantitative estimate of drug-likeness (QED) is 0.844. The van der Waals surface area contributed by atoms with Crippen LogP contribution in [-0.2, 0) is 4.79 Å². The zero-order valence-corrected chi connectivity index (χ0v) is 12.7. The van der Waals surface area contributed by atoms with Crippen LogP contribution in [0.2, 0.25) is 0 Å². The van der Waals surface area contributed by atoms with Gasteiger partial charge in [-0.25, -0.2) is 9.97 Å². The van der Waals surface area contributed by atoms with Gasteiger partial charge in [0.15, 0.2) is 5.65 Å². The number of H-pyrrole nitrogens is 1. The average Bonchev–Trinajstić information content (AvgIpc) is 3.00. The number of anilines is 1. The van der Waals surface area contributed by atoms with E-state index in [1.807, 2.05) is 4.90 Å². The summed E-state index contributed by atoms with van der Waals surface area (Å²) in [5.74, 6) is 1.12. The van der Waals surface area contributed by atoms with Crippen LogP contribution in [0.5, 0.6) is 0 Å². The lowest BCUT2D eigenvalue weighted by molar-refractivity contribution is -0.116. The number of amides is 1. The average molecular weight is 302 g/mol. The van der Waals surface area contributed by atoms with E-state index in [-0.39, 0.29) is 12.5 Å². The number of carbonyl (C=O) groups is 1. The number of primary amides is 1. The van der Waals surface area contributed by atoms with Crippen LogP contribution in [0.15, 0.2) is 12.5 Å². The molecule has 118 valence electrons. The van der Waals surface area contributed by atoms with E-state index in [9.17, 15) is 4.79 Å². The molecule has 1 aliphatic rings. The van der Waals surface area contributed by atoms with E-state index in [4.69, 9.17) is 5.73 Å². The van der Waals surface area contributed by atoms with Gasteiger partial charge in [0.05, 0.1) is 18.1 Å². The Labute approximate surface area is 129 Å². The molecule has 0 atom stereocenters. The minimum atomic E-state index is -0.348. The number of nitrogens with two attached hydrogens (primary N) is 1. The van der Waals surface area contributed by atoms with Crippen molar-refractivity contribution in [2.24, 2.45) is 11.7 Å². The number of fused-ring (bicyclic) bond motifs is 1. The van der Waals surface area contributed by atoms with Crippen molar-refractivity contribution in [1.82, 2.24) is 20.2 Å². The number of nitrogens with zero attached hydrogens (tertiary/aromatic N) is 4. The minimum Gasteiger partial charge on any atom is -0.368 e. The third kappa shape index (κ3) is 3.35. The number of carbonyl (C=O) groups excluding carboxylic acids is 1. The first-order chi connectivity index (χ1) is 10.7. The van der Waals surface area contributed by atoms with E-state index in [0.717, 1.165) is 30.1 Å². The summed E-state index contributed by atoms with van der Waals surface area (Å²) in [6, 6.07) is 0. The number of hydrogen-bond acceptors (Lipinski definition) is 5. The highest BCUT2D eigenvalue weighted by Gasteiger charge is 2.19. The topological polar surface area (TPSA) is 101 Å². The van der Waals surface area contributed by atoms with Crippen molar-refractivity contribution in [3.63, 3.8) is 0 Å². The molecule has 1 aliphatic carbocycles. The van der Waals surface area contributed by atoms with Crippen molar-refractivity contribution in [1.29, 1.82) is 0 Å². The fourth-order valence-electron chi connectivity index (χ4n) is 3.27. The van der Waals surface area contributed by atoms with Gasteiger partial charge in [-0.3, -0.25) is 9.89 Å². The molecule has 2 aromatic heterocycles. The van der Waals surface area contributed by atoms with Gasteiger partial charge >= 0.3 is 0 Å². The highest BCUT2D eigenvalue weighted by atomic mass is 16.1. The molecular weight excluding hydrogens is 280 g/mol. The monoisotopic (exact) mass is 302 g/mol. The van der Waals surface area contributed by atoms with Crippen LogP contribution in [0, 0.1) is 5.92 Å². The Morgan fingerprint density at radius 1 is 1.32 bits per heavy atom. The number of hydrogen-bond donors (Lipinski definition) is 2.